The summed E-state index contributed by atoms with van der Waals surface area (Å²) in [4.78, 5) is 0.964. The van der Waals surface area contributed by atoms with Crippen molar-refractivity contribution in [2.45, 2.75) is 56.3 Å². The van der Waals surface area contributed by atoms with Crippen molar-refractivity contribution >= 4 is 16.3 Å². The van der Waals surface area contributed by atoms with Crippen LogP contribution in [0.5, 0.6) is 0 Å². The summed E-state index contributed by atoms with van der Waals surface area (Å²) in [7, 11) is 0. The van der Waals surface area contributed by atoms with Crippen LogP contribution in [0.3, 0.4) is 0 Å². The van der Waals surface area contributed by atoms with Crippen molar-refractivity contribution in [3.8, 4) is 0 Å². The molecule has 32 heavy (non-hydrogen) atoms. The van der Waals surface area contributed by atoms with Gasteiger partial charge in [0.15, 0.2) is 5.82 Å². The number of nitrogens with zero attached hydrogens (tertiary/aromatic N) is 4. The molecule has 4 bridgehead atoms. The molecule has 0 amide bonds. The van der Waals surface area contributed by atoms with Gasteiger partial charge >= 0.3 is 0 Å². The first-order valence-corrected chi connectivity index (χ1v) is 12.9. The van der Waals surface area contributed by atoms with Gasteiger partial charge in [-0.15, -0.1) is 10.2 Å². The summed E-state index contributed by atoms with van der Waals surface area (Å²) in [5.74, 6) is 4.14. The Morgan fingerprint density at radius 2 is 1.38 bits per heavy atom. The SMILES string of the molecule is c1ccc(C(Cc2nn3c(C45CC6CC(CC(C6)C4)C5)nnc3s2)c2ccccc2)cc1. The normalized spacial score (nSPS) is 28.7. The second kappa shape index (κ2) is 7.24. The van der Waals surface area contributed by atoms with E-state index < -0.39 is 0 Å². The van der Waals surface area contributed by atoms with E-state index in [-0.39, 0.29) is 5.41 Å². The minimum absolute atomic E-state index is 0.220. The van der Waals surface area contributed by atoms with Crippen molar-refractivity contribution in [1.29, 1.82) is 0 Å². The van der Waals surface area contributed by atoms with E-state index >= 15 is 0 Å². The maximum Gasteiger partial charge on any atom is 0.234 e. The highest BCUT2D eigenvalue weighted by Gasteiger charge is 2.54. The Hall–Kier alpha value is -2.53. The molecule has 4 aliphatic rings. The molecule has 162 valence electrons. The number of rotatable bonds is 5. The highest BCUT2D eigenvalue weighted by atomic mass is 32.1. The van der Waals surface area contributed by atoms with Crippen molar-refractivity contribution in [3.63, 3.8) is 0 Å². The topological polar surface area (TPSA) is 43.1 Å². The highest BCUT2D eigenvalue weighted by Crippen LogP contribution is 2.60. The Balaban J connectivity index is 1.25. The molecule has 0 radical (unpaired) electrons. The molecule has 4 nitrogen and oxygen atoms in total. The van der Waals surface area contributed by atoms with E-state index in [2.05, 4.69) is 70.3 Å². The quantitative estimate of drug-likeness (QED) is 0.381. The van der Waals surface area contributed by atoms with E-state index in [0.29, 0.717) is 5.92 Å². The van der Waals surface area contributed by atoms with Crippen molar-refractivity contribution in [3.05, 3.63) is 82.6 Å². The van der Waals surface area contributed by atoms with Crippen LogP contribution in [0.4, 0.5) is 0 Å². The van der Waals surface area contributed by atoms with Crippen molar-refractivity contribution in [1.82, 2.24) is 19.8 Å². The largest absolute Gasteiger partial charge is 0.234 e. The Bertz CT molecular complexity index is 1170. The van der Waals surface area contributed by atoms with Crippen LogP contribution >= 0.6 is 11.3 Å². The predicted molar refractivity (Wildman–Crippen MR) is 127 cm³/mol. The molecule has 0 aliphatic heterocycles. The third kappa shape index (κ3) is 3.05. The molecule has 5 heteroatoms. The van der Waals surface area contributed by atoms with Gasteiger partial charge in [0.1, 0.15) is 5.01 Å². The monoisotopic (exact) mass is 440 g/mol. The third-order valence-electron chi connectivity index (χ3n) is 8.33. The van der Waals surface area contributed by atoms with Gasteiger partial charge in [0.05, 0.1) is 0 Å². The molecule has 2 aromatic heterocycles. The van der Waals surface area contributed by atoms with Crippen LogP contribution in [0.1, 0.15) is 66.4 Å². The smallest absolute Gasteiger partial charge is 0.187 e. The van der Waals surface area contributed by atoms with Gasteiger partial charge in [0, 0.05) is 17.8 Å². The maximum atomic E-state index is 5.13. The van der Waals surface area contributed by atoms with Crippen LogP contribution in [0.15, 0.2) is 60.7 Å². The number of hydrogen-bond acceptors (Lipinski definition) is 4. The number of aromatic nitrogens is 4. The molecule has 0 atom stereocenters. The number of fused-ring (bicyclic) bond motifs is 1. The Kier molecular flexibility index (Phi) is 4.30. The second-order valence-electron chi connectivity index (χ2n) is 10.5. The molecule has 0 spiro atoms. The van der Waals surface area contributed by atoms with E-state index in [1.54, 1.807) is 11.3 Å². The van der Waals surface area contributed by atoms with E-state index in [1.807, 2.05) is 0 Å². The van der Waals surface area contributed by atoms with Gasteiger partial charge in [-0.05, 0) is 67.4 Å². The molecule has 8 rings (SSSR count). The van der Waals surface area contributed by atoms with Gasteiger partial charge in [-0.2, -0.15) is 9.61 Å². The van der Waals surface area contributed by atoms with E-state index in [0.717, 1.165) is 40.0 Å². The van der Waals surface area contributed by atoms with E-state index in [1.165, 1.54) is 49.7 Å². The summed E-state index contributed by atoms with van der Waals surface area (Å²) >= 11 is 1.72. The van der Waals surface area contributed by atoms with Gasteiger partial charge in [-0.1, -0.05) is 72.0 Å². The molecule has 0 saturated heterocycles. The average molecular weight is 441 g/mol. The molecule has 4 aliphatic carbocycles. The summed E-state index contributed by atoms with van der Waals surface area (Å²) in [5, 5.41) is 15.6. The zero-order valence-electron chi connectivity index (χ0n) is 18.2. The molecule has 4 aromatic rings. The maximum absolute atomic E-state index is 5.13. The first kappa shape index (κ1) is 19.0. The fourth-order valence-corrected chi connectivity index (χ4v) is 8.31. The van der Waals surface area contributed by atoms with Crippen molar-refractivity contribution in [2.24, 2.45) is 17.8 Å². The van der Waals surface area contributed by atoms with Gasteiger partial charge in [0.25, 0.3) is 0 Å². The number of benzene rings is 2. The Morgan fingerprint density at radius 3 is 1.94 bits per heavy atom. The average Bonchev–Trinajstić information content (AvgIpc) is 3.38. The Morgan fingerprint density at radius 1 is 0.812 bits per heavy atom. The van der Waals surface area contributed by atoms with Crippen LogP contribution in [-0.4, -0.2) is 19.8 Å². The molecule has 0 N–H and O–H groups in total. The minimum Gasteiger partial charge on any atom is -0.187 e. The zero-order chi connectivity index (χ0) is 21.1. The van der Waals surface area contributed by atoms with Crippen molar-refractivity contribution < 1.29 is 0 Å². The second-order valence-corrected chi connectivity index (χ2v) is 11.5. The number of hydrogen-bond donors (Lipinski definition) is 0. The molecule has 4 fully saturated rings. The van der Waals surface area contributed by atoms with Crippen LogP contribution in [0.2, 0.25) is 0 Å². The van der Waals surface area contributed by atoms with Crippen molar-refractivity contribution in [2.75, 3.05) is 0 Å². The fourth-order valence-electron chi connectivity index (χ4n) is 7.43. The summed E-state index contributed by atoms with van der Waals surface area (Å²) in [6.45, 7) is 0. The van der Waals surface area contributed by atoms with Gasteiger partial charge in [-0.3, -0.25) is 0 Å². The molecule has 4 saturated carbocycles. The van der Waals surface area contributed by atoms with Gasteiger partial charge in [-0.25, -0.2) is 0 Å². The van der Waals surface area contributed by atoms with E-state index in [9.17, 15) is 0 Å². The van der Waals surface area contributed by atoms with Crippen LogP contribution < -0.4 is 0 Å². The summed E-state index contributed by atoms with van der Waals surface area (Å²) < 4.78 is 2.13. The van der Waals surface area contributed by atoms with E-state index in [4.69, 9.17) is 10.2 Å². The zero-order valence-corrected chi connectivity index (χ0v) is 19.0. The van der Waals surface area contributed by atoms with Crippen LogP contribution in [0, 0.1) is 17.8 Å². The Labute approximate surface area is 192 Å². The van der Waals surface area contributed by atoms with Gasteiger partial charge in [0.2, 0.25) is 4.96 Å². The third-order valence-corrected chi connectivity index (χ3v) is 9.25. The minimum atomic E-state index is 0.220. The van der Waals surface area contributed by atoms with Gasteiger partial charge < -0.3 is 0 Å². The lowest BCUT2D eigenvalue weighted by Gasteiger charge is -2.55. The fraction of sp³-hybridized carbons (Fsp3) is 0.444. The summed E-state index contributed by atoms with van der Waals surface area (Å²) in [5.41, 5.74) is 2.90. The standard InChI is InChI=1S/C27H28N4S/c1-3-7-21(8-4-1)23(22-9-5-2-6-10-22)14-24-30-31-25(28-29-26(31)32-24)27-15-18-11-19(16-27)13-20(12-18)17-27/h1-10,18-20,23H,11-17H2. The lowest BCUT2D eigenvalue weighted by atomic mass is 9.49. The molecular formula is C27H28N4S. The molecule has 0 unspecified atom stereocenters. The summed E-state index contributed by atoms with van der Waals surface area (Å²) in [6, 6.07) is 21.7. The predicted octanol–water partition coefficient (Wildman–Crippen LogP) is 6.03. The molecular weight excluding hydrogens is 412 g/mol. The summed E-state index contributed by atoms with van der Waals surface area (Å²) in [6.07, 6.45) is 9.11. The van der Waals surface area contributed by atoms with Crippen LogP contribution in [-0.2, 0) is 11.8 Å². The molecule has 2 aromatic carbocycles. The van der Waals surface area contributed by atoms with Crippen LogP contribution in [0.25, 0.3) is 4.96 Å². The highest BCUT2D eigenvalue weighted by molar-refractivity contribution is 7.16. The lowest BCUT2D eigenvalue weighted by molar-refractivity contribution is -0.0103. The first-order valence-electron chi connectivity index (χ1n) is 12.1. The molecule has 2 heterocycles. The first-order chi connectivity index (χ1) is 15.8. The lowest BCUT2D eigenvalue weighted by Crippen LogP contribution is -2.49.